The molecule has 0 spiro atoms. The van der Waals surface area contributed by atoms with E-state index in [4.69, 9.17) is 4.74 Å². The van der Waals surface area contributed by atoms with Gasteiger partial charge in [0.25, 0.3) is 0 Å². The van der Waals surface area contributed by atoms with Crippen molar-refractivity contribution in [3.8, 4) is 0 Å². The number of hydrogen-bond acceptors (Lipinski definition) is 2. The van der Waals surface area contributed by atoms with Crippen molar-refractivity contribution in [1.29, 1.82) is 0 Å². The Bertz CT molecular complexity index is 399. The van der Waals surface area contributed by atoms with Crippen LogP contribution in [0, 0.1) is 5.82 Å². The highest BCUT2D eigenvalue weighted by atomic mass is 19.1. The monoisotopic (exact) mass is 251 g/mol. The van der Waals surface area contributed by atoms with Gasteiger partial charge in [0.15, 0.2) is 0 Å². The molecular weight excluding hydrogens is 233 g/mol. The van der Waals surface area contributed by atoms with E-state index in [-0.39, 0.29) is 30.3 Å². The summed E-state index contributed by atoms with van der Waals surface area (Å²) >= 11 is 0. The van der Waals surface area contributed by atoms with Crippen molar-refractivity contribution in [3.05, 3.63) is 35.6 Å². The lowest BCUT2D eigenvalue weighted by atomic mass is 10.1. The van der Waals surface area contributed by atoms with Crippen molar-refractivity contribution in [2.24, 2.45) is 0 Å². The molecule has 1 aromatic rings. The molecular formula is C14H18FNO2. The number of amides is 1. The molecule has 98 valence electrons. The fraction of sp³-hybridized carbons (Fsp3) is 0.500. The van der Waals surface area contributed by atoms with E-state index in [2.05, 4.69) is 5.32 Å². The van der Waals surface area contributed by atoms with Gasteiger partial charge in [0.2, 0.25) is 5.91 Å². The van der Waals surface area contributed by atoms with E-state index in [0.29, 0.717) is 0 Å². The van der Waals surface area contributed by atoms with Gasteiger partial charge < -0.3 is 10.1 Å². The fourth-order valence-corrected chi connectivity index (χ4v) is 2.18. The van der Waals surface area contributed by atoms with Crippen molar-refractivity contribution in [2.45, 2.75) is 38.3 Å². The van der Waals surface area contributed by atoms with Gasteiger partial charge in [-0.2, -0.15) is 0 Å². The standard InChI is InChI=1S/C14H18FNO2/c1-10(13-3-2-8-18-13)16-14(17)9-11-4-6-12(15)7-5-11/h4-7,10,13H,2-3,8-9H2,1H3,(H,16,17)/t10-,13-/m0/s1. The third kappa shape index (κ3) is 3.53. The fourth-order valence-electron chi connectivity index (χ4n) is 2.18. The molecule has 0 radical (unpaired) electrons. The first kappa shape index (κ1) is 13.0. The lowest BCUT2D eigenvalue weighted by molar-refractivity contribution is -0.121. The van der Waals surface area contributed by atoms with E-state index in [1.165, 1.54) is 12.1 Å². The number of hydrogen-bond donors (Lipinski definition) is 1. The molecule has 3 nitrogen and oxygen atoms in total. The minimum atomic E-state index is -0.285. The molecule has 2 rings (SSSR count). The summed E-state index contributed by atoms with van der Waals surface area (Å²) in [6.07, 6.45) is 2.46. The Morgan fingerprint density at radius 3 is 2.83 bits per heavy atom. The maximum absolute atomic E-state index is 12.7. The molecule has 1 aliphatic heterocycles. The minimum absolute atomic E-state index is 0.0282. The van der Waals surface area contributed by atoms with Crippen molar-refractivity contribution in [2.75, 3.05) is 6.61 Å². The summed E-state index contributed by atoms with van der Waals surface area (Å²) in [4.78, 5) is 11.8. The van der Waals surface area contributed by atoms with Crippen molar-refractivity contribution >= 4 is 5.91 Å². The molecule has 4 heteroatoms. The first-order valence-electron chi connectivity index (χ1n) is 6.30. The third-order valence-corrected chi connectivity index (χ3v) is 3.19. The summed E-state index contributed by atoms with van der Waals surface area (Å²) in [6.45, 7) is 2.74. The average molecular weight is 251 g/mol. The largest absolute Gasteiger partial charge is 0.376 e. The normalized spacial score (nSPS) is 20.7. The molecule has 1 N–H and O–H groups in total. The van der Waals surface area contributed by atoms with E-state index in [9.17, 15) is 9.18 Å². The van der Waals surface area contributed by atoms with Gasteiger partial charge >= 0.3 is 0 Å². The molecule has 1 saturated heterocycles. The van der Waals surface area contributed by atoms with Crippen LogP contribution in [0.5, 0.6) is 0 Å². The Hall–Kier alpha value is -1.42. The Labute approximate surface area is 106 Å². The zero-order valence-corrected chi connectivity index (χ0v) is 10.5. The number of carbonyl (C=O) groups is 1. The van der Waals surface area contributed by atoms with E-state index in [0.717, 1.165) is 25.0 Å². The summed E-state index contributed by atoms with van der Waals surface area (Å²) in [5, 5.41) is 2.93. The quantitative estimate of drug-likeness (QED) is 0.889. The highest BCUT2D eigenvalue weighted by molar-refractivity contribution is 5.78. The molecule has 0 unspecified atom stereocenters. The van der Waals surface area contributed by atoms with Gasteiger partial charge in [-0.1, -0.05) is 12.1 Å². The SMILES string of the molecule is C[C@H](NC(=O)Cc1ccc(F)cc1)[C@@H]1CCCO1. The van der Waals surface area contributed by atoms with E-state index in [1.807, 2.05) is 6.92 Å². The van der Waals surface area contributed by atoms with E-state index >= 15 is 0 Å². The van der Waals surface area contributed by atoms with Crippen LogP contribution >= 0.6 is 0 Å². The molecule has 2 atom stereocenters. The minimum Gasteiger partial charge on any atom is -0.376 e. The van der Waals surface area contributed by atoms with Crippen LogP contribution in [0.4, 0.5) is 4.39 Å². The van der Waals surface area contributed by atoms with Crippen molar-refractivity contribution in [1.82, 2.24) is 5.32 Å². The van der Waals surface area contributed by atoms with Gasteiger partial charge in [-0.05, 0) is 37.5 Å². The average Bonchev–Trinajstić information content (AvgIpc) is 2.85. The Morgan fingerprint density at radius 1 is 1.50 bits per heavy atom. The summed E-state index contributed by atoms with van der Waals surface area (Å²) < 4.78 is 18.2. The van der Waals surface area contributed by atoms with Gasteiger partial charge in [-0.25, -0.2) is 4.39 Å². The maximum atomic E-state index is 12.7. The van der Waals surface area contributed by atoms with Gasteiger partial charge in [-0.3, -0.25) is 4.79 Å². The van der Waals surface area contributed by atoms with Crippen LogP contribution < -0.4 is 5.32 Å². The number of carbonyl (C=O) groups excluding carboxylic acids is 1. The predicted octanol–water partition coefficient (Wildman–Crippen LogP) is 2.05. The summed E-state index contributed by atoms with van der Waals surface area (Å²) in [7, 11) is 0. The van der Waals surface area contributed by atoms with Crippen LogP contribution in [0.25, 0.3) is 0 Å². The van der Waals surface area contributed by atoms with Gasteiger partial charge in [0.1, 0.15) is 5.82 Å². The number of benzene rings is 1. The highest BCUT2D eigenvalue weighted by Crippen LogP contribution is 2.15. The second-order valence-corrected chi connectivity index (χ2v) is 4.71. The van der Waals surface area contributed by atoms with Crippen LogP contribution in [0.2, 0.25) is 0 Å². The topological polar surface area (TPSA) is 38.3 Å². The maximum Gasteiger partial charge on any atom is 0.224 e. The highest BCUT2D eigenvalue weighted by Gasteiger charge is 2.23. The van der Waals surface area contributed by atoms with E-state index in [1.54, 1.807) is 12.1 Å². The van der Waals surface area contributed by atoms with Crippen LogP contribution in [-0.4, -0.2) is 24.7 Å². The van der Waals surface area contributed by atoms with E-state index < -0.39 is 0 Å². The number of nitrogens with one attached hydrogen (secondary N) is 1. The lowest BCUT2D eigenvalue weighted by Gasteiger charge is -2.19. The number of ether oxygens (including phenoxy) is 1. The van der Waals surface area contributed by atoms with Gasteiger partial charge in [-0.15, -0.1) is 0 Å². The molecule has 1 aromatic carbocycles. The summed E-state index contributed by atoms with van der Waals surface area (Å²) in [5.74, 6) is -0.337. The molecule has 1 amide bonds. The molecule has 1 aliphatic rings. The molecule has 0 aliphatic carbocycles. The first-order valence-corrected chi connectivity index (χ1v) is 6.30. The molecule has 1 fully saturated rings. The molecule has 0 saturated carbocycles. The summed E-state index contributed by atoms with van der Waals surface area (Å²) in [5.41, 5.74) is 0.813. The molecule has 0 bridgehead atoms. The van der Waals surface area contributed by atoms with Crippen LogP contribution in [0.3, 0.4) is 0 Å². The van der Waals surface area contributed by atoms with Crippen molar-refractivity contribution < 1.29 is 13.9 Å². The number of halogens is 1. The Balaban J connectivity index is 1.82. The zero-order chi connectivity index (χ0) is 13.0. The lowest BCUT2D eigenvalue weighted by Crippen LogP contribution is -2.41. The molecule has 1 heterocycles. The smallest absolute Gasteiger partial charge is 0.224 e. The number of rotatable bonds is 4. The zero-order valence-electron chi connectivity index (χ0n) is 10.5. The molecule has 18 heavy (non-hydrogen) atoms. The second-order valence-electron chi connectivity index (χ2n) is 4.71. The van der Waals surface area contributed by atoms with Crippen LogP contribution in [0.1, 0.15) is 25.3 Å². The first-order chi connectivity index (χ1) is 8.65. The Morgan fingerprint density at radius 2 is 2.22 bits per heavy atom. The summed E-state index contributed by atoms with van der Waals surface area (Å²) in [6, 6.07) is 6.02. The third-order valence-electron chi connectivity index (χ3n) is 3.19. The van der Waals surface area contributed by atoms with Crippen molar-refractivity contribution in [3.63, 3.8) is 0 Å². The van der Waals surface area contributed by atoms with Gasteiger partial charge in [0, 0.05) is 6.61 Å². The van der Waals surface area contributed by atoms with Crippen LogP contribution in [0.15, 0.2) is 24.3 Å². The van der Waals surface area contributed by atoms with Gasteiger partial charge in [0.05, 0.1) is 18.6 Å². The Kier molecular flexibility index (Phi) is 4.31. The second kappa shape index (κ2) is 5.96. The predicted molar refractivity (Wildman–Crippen MR) is 66.7 cm³/mol. The molecule has 0 aromatic heterocycles. The van der Waals surface area contributed by atoms with Crippen LogP contribution in [-0.2, 0) is 16.0 Å².